The summed E-state index contributed by atoms with van der Waals surface area (Å²) in [6.07, 6.45) is 10.3. The molecular formula is C17H34. The van der Waals surface area contributed by atoms with E-state index in [2.05, 4.69) is 34.6 Å². The van der Waals surface area contributed by atoms with Gasteiger partial charge in [0.05, 0.1) is 0 Å². The monoisotopic (exact) mass is 238 g/mol. The summed E-state index contributed by atoms with van der Waals surface area (Å²) < 4.78 is 0. The third-order valence-electron chi connectivity index (χ3n) is 5.19. The van der Waals surface area contributed by atoms with Crippen molar-refractivity contribution in [1.29, 1.82) is 0 Å². The molecule has 1 saturated carbocycles. The van der Waals surface area contributed by atoms with E-state index in [-0.39, 0.29) is 0 Å². The van der Waals surface area contributed by atoms with Crippen LogP contribution in [-0.4, -0.2) is 0 Å². The van der Waals surface area contributed by atoms with Crippen LogP contribution in [0.2, 0.25) is 0 Å². The molecule has 0 saturated heterocycles. The molecule has 0 aromatic rings. The molecule has 102 valence electrons. The molecule has 1 rings (SSSR count). The van der Waals surface area contributed by atoms with Crippen LogP contribution in [0.5, 0.6) is 0 Å². The molecule has 1 aliphatic rings. The second-order valence-electron chi connectivity index (χ2n) is 7.02. The molecule has 1 fully saturated rings. The molecule has 0 aliphatic heterocycles. The minimum absolute atomic E-state index is 0.887. The van der Waals surface area contributed by atoms with Crippen molar-refractivity contribution in [1.82, 2.24) is 0 Å². The molecule has 0 N–H and O–H groups in total. The largest absolute Gasteiger partial charge is 0.0651 e. The van der Waals surface area contributed by atoms with Gasteiger partial charge < -0.3 is 0 Å². The summed E-state index contributed by atoms with van der Waals surface area (Å²) in [6.45, 7) is 12.0. The molecule has 0 radical (unpaired) electrons. The van der Waals surface area contributed by atoms with Gasteiger partial charge in [0.25, 0.3) is 0 Å². The first-order valence-corrected chi connectivity index (χ1v) is 8.04. The van der Waals surface area contributed by atoms with Gasteiger partial charge in [-0.1, -0.05) is 66.7 Å². The Morgan fingerprint density at radius 3 is 2.24 bits per heavy atom. The zero-order valence-corrected chi connectivity index (χ0v) is 12.8. The lowest BCUT2D eigenvalue weighted by atomic mass is 9.69. The lowest BCUT2D eigenvalue weighted by Crippen LogP contribution is -2.26. The Bertz CT molecular complexity index is 194. The van der Waals surface area contributed by atoms with Crippen molar-refractivity contribution in [3.8, 4) is 0 Å². The normalized spacial score (nSPS) is 31.8. The molecule has 17 heavy (non-hydrogen) atoms. The average Bonchev–Trinajstić information content (AvgIpc) is 2.28. The van der Waals surface area contributed by atoms with Gasteiger partial charge in [-0.15, -0.1) is 0 Å². The van der Waals surface area contributed by atoms with E-state index in [9.17, 15) is 0 Å². The van der Waals surface area contributed by atoms with Gasteiger partial charge in [0, 0.05) is 0 Å². The molecule has 4 atom stereocenters. The van der Waals surface area contributed by atoms with E-state index >= 15 is 0 Å². The van der Waals surface area contributed by atoms with Crippen molar-refractivity contribution in [2.45, 2.75) is 79.6 Å². The van der Waals surface area contributed by atoms with Crippen molar-refractivity contribution in [2.24, 2.45) is 29.6 Å². The maximum absolute atomic E-state index is 2.47. The molecule has 0 heterocycles. The minimum Gasteiger partial charge on any atom is -0.0651 e. The third kappa shape index (κ3) is 5.02. The van der Waals surface area contributed by atoms with Crippen molar-refractivity contribution < 1.29 is 0 Å². The molecule has 0 bridgehead atoms. The summed E-state index contributed by atoms with van der Waals surface area (Å²) >= 11 is 0. The van der Waals surface area contributed by atoms with E-state index in [1.807, 2.05) is 0 Å². The lowest BCUT2D eigenvalue weighted by molar-refractivity contribution is 0.145. The smallest absolute Gasteiger partial charge is 0.0383 e. The highest BCUT2D eigenvalue weighted by Gasteiger charge is 2.28. The summed E-state index contributed by atoms with van der Waals surface area (Å²) in [5.74, 6) is 4.88. The van der Waals surface area contributed by atoms with Crippen molar-refractivity contribution in [3.63, 3.8) is 0 Å². The van der Waals surface area contributed by atoms with Gasteiger partial charge in [0.1, 0.15) is 0 Å². The second-order valence-corrected chi connectivity index (χ2v) is 7.02. The highest BCUT2D eigenvalue weighted by molar-refractivity contribution is 4.79. The first-order chi connectivity index (χ1) is 8.04. The molecule has 0 aromatic heterocycles. The molecular weight excluding hydrogens is 204 g/mol. The van der Waals surface area contributed by atoms with Crippen LogP contribution in [0, 0.1) is 29.6 Å². The van der Waals surface area contributed by atoms with E-state index in [0.717, 1.165) is 29.6 Å². The quantitative estimate of drug-likeness (QED) is 0.539. The SMILES string of the molecule is CCC(CCCC(C)C)C1CCC(C)C(C)C1. The van der Waals surface area contributed by atoms with Crippen LogP contribution in [0.3, 0.4) is 0 Å². The highest BCUT2D eigenvalue weighted by atomic mass is 14.3. The van der Waals surface area contributed by atoms with Crippen LogP contribution in [0.25, 0.3) is 0 Å². The fourth-order valence-corrected chi connectivity index (χ4v) is 3.58. The summed E-state index contributed by atoms with van der Waals surface area (Å²) in [7, 11) is 0. The Morgan fingerprint density at radius 1 is 1.00 bits per heavy atom. The molecule has 0 nitrogen and oxygen atoms in total. The Hall–Kier alpha value is 0. The predicted octanol–water partition coefficient (Wildman–Crippen LogP) is 5.91. The lowest BCUT2D eigenvalue weighted by Gasteiger charge is -2.36. The Balaban J connectivity index is 2.34. The molecule has 4 unspecified atom stereocenters. The second kappa shape index (κ2) is 7.44. The summed E-state index contributed by atoms with van der Waals surface area (Å²) in [6, 6.07) is 0. The molecule has 0 amide bonds. The van der Waals surface area contributed by atoms with Crippen LogP contribution < -0.4 is 0 Å². The summed E-state index contributed by atoms with van der Waals surface area (Å²) in [4.78, 5) is 0. The van der Waals surface area contributed by atoms with Crippen LogP contribution in [-0.2, 0) is 0 Å². The Labute approximate surface area is 110 Å². The molecule has 0 spiro atoms. The Kier molecular flexibility index (Phi) is 6.59. The van der Waals surface area contributed by atoms with Gasteiger partial charge >= 0.3 is 0 Å². The fourth-order valence-electron chi connectivity index (χ4n) is 3.58. The van der Waals surface area contributed by atoms with Gasteiger partial charge in [0.15, 0.2) is 0 Å². The van der Waals surface area contributed by atoms with E-state index < -0.39 is 0 Å². The molecule has 0 heteroatoms. The van der Waals surface area contributed by atoms with Crippen LogP contribution in [0.1, 0.15) is 79.6 Å². The van der Waals surface area contributed by atoms with Crippen molar-refractivity contribution >= 4 is 0 Å². The van der Waals surface area contributed by atoms with Gasteiger partial charge in [-0.3, -0.25) is 0 Å². The van der Waals surface area contributed by atoms with Gasteiger partial charge in [0.2, 0.25) is 0 Å². The van der Waals surface area contributed by atoms with Crippen molar-refractivity contribution in [2.75, 3.05) is 0 Å². The van der Waals surface area contributed by atoms with E-state index in [4.69, 9.17) is 0 Å². The standard InChI is InChI=1S/C17H34/c1-6-16(9-7-8-13(2)3)17-11-10-14(4)15(5)12-17/h13-17H,6-12H2,1-5H3. The van der Waals surface area contributed by atoms with Crippen LogP contribution >= 0.6 is 0 Å². The summed E-state index contributed by atoms with van der Waals surface area (Å²) in [5.41, 5.74) is 0. The van der Waals surface area contributed by atoms with E-state index in [0.29, 0.717) is 0 Å². The number of hydrogen-bond donors (Lipinski definition) is 0. The van der Waals surface area contributed by atoms with Crippen LogP contribution in [0.4, 0.5) is 0 Å². The Morgan fingerprint density at radius 2 is 1.71 bits per heavy atom. The fraction of sp³-hybridized carbons (Fsp3) is 1.00. The van der Waals surface area contributed by atoms with Gasteiger partial charge in [-0.2, -0.15) is 0 Å². The third-order valence-corrected chi connectivity index (χ3v) is 5.19. The highest BCUT2D eigenvalue weighted by Crippen LogP contribution is 2.39. The van der Waals surface area contributed by atoms with E-state index in [1.54, 1.807) is 0 Å². The number of rotatable bonds is 6. The first kappa shape index (κ1) is 15.1. The maximum atomic E-state index is 2.47. The minimum atomic E-state index is 0.887. The average molecular weight is 238 g/mol. The predicted molar refractivity (Wildman–Crippen MR) is 78.1 cm³/mol. The topological polar surface area (TPSA) is 0 Å². The zero-order valence-electron chi connectivity index (χ0n) is 12.8. The number of hydrogen-bond acceptors (Lipinski definition) is 0. The van der Waals surface area contributed by atoms with Crippen molar-refractivity contribution in [3.05, 3.63) is 0 Å². The molecule has 1 aliphatic carbocycles. The summed E-state index contributed by atoms with van der Waals surface area (Å²) in [5, 5.41) is 0. The van der Waals surface area contributed by atoms with Gasteiger partial charge in [-0.25, -0.2) is 0 Å². The zero-order chi connectivity index (χ0) is 12.8. The van der Waals surface area contributed by atoms with Crippen LogP contribution in [0.15, 0.2) is 0 Å². The molecule has 0 aromatic carbocycles. The van der Waals surface area contributed by atoms with Gasteiger partial charge in [-0.05, 0) is 42.4 Å². The maximum Gasteiger partial charge on any atom is -0.0383 e. The van der Waals surface area contributed by atoms with E-state index in [1.165, 1.54) is 44.9 Å². The first-order valence-electron chi connectivity index (χ1n) is 8.04.